The van der Waals surface area contributed by atoms with Crippen LogP contribution in [-0.4, -0.2) is 19.2 Å². The molecule has 0 atom stereocenters. The van der Waals surface area contributed by atoms with Crippen molar-refractivity contribution in [2.45, 2.75) is 13.3 Å². The number of hydrogen-bond acceptors (Lipinski definition) is 3. The molecule has 0 N–H and O–H groups in total. The highest BCUT2D eigenvalue weighted by Crippen LogP contribution is 2.32. The Labute approximate surface area is 111 Å². The molecule has 0 saturated heterocycles. The lowest BCUT2D eigenvalue weighted by atomic mass is 10.3. The summed E-state index contributed by atoms with van der Waals surface area (Å²) < 4.78 is 12.0. The first-order valence-electron chi connectivity index (χ1n) is 4.87. The third-order valence-corrected chi connectivity index (χ3v) is 3.03. The summed E-state index contributed by atoms with van der Waals surface area (Å²) in [6.45, 7) is 2.49. The third kappa shape index (κ3) is 4.14. The van der Waals surface area contributed by atoms with Gasteiger partial charge >= 0.3 is 5.97 Å². The molecule has 0 spiro atoms. The molecule has 3 nitrogen and oxygen atoms in total. The van der Waals surface area contributed by atoms with Crippen molar-refractivity contribution in [2.75, 3.05) is 13.2 Å². The smallest absolute Gasteiger partial charge is 0.309 e. The molecule has 0 radical (unpaired) electrons. The minimum Gasteiger partial charge on any atom is -0.491 e. The van der Waals surface area contributed by atoms with Crippen molar-refractivity contribution in [1.29, 1.82) is 0 Å². The lowest BCUT2D eigenvalue weighted by Crippen LogP contribution is -2.09. The maximum absolute atomic E-state index is 11.1. The number of rotatable bonds is 5. The zero-order chi connectivity index (χ0) is 12.0. The van der Waals surface area contributed by atoms with Gasteiger partial charge < -0.3 is 9.47 Å². The van der Waals surface area contributed by atoms with E-state index < -0.39 is 0 Å². The highest BCUT2D eigenvalue weighted by atomic mass is 79.9. The Bertz CT molecular complexity index is 346. The SMILES string of the molecule is CCOC(=O)CCOc1c(Br)cccc1Br. The van der Waals surface area contributed by atoms with E-state index in [4.69, 9.17) is 9.47 Å². The minimum atomic E-state index is -0.245. The summed E-state index contributed by atoms with van der Waals surface area (Å²) in [5.74, 6) is 0.456. The second-order valence-corrected chi connectivity index (χ2v) is 4.66. The summed E-state index contributed by atoms with van der Waals surface area (Å²) in [7, 11) is 0. The molecular formula is C11H12Br2O3. The van der Waals surface area contributed by atoms with Crippen LogP contribution in [0.2, 0.25) is 0 Å². The average molecular weight is 352 g/mol. The van der Waals surface area contributed by atoms with Crippen LogP contribution in [-0.2, 0) is 9.53 Å². The van der Waals surface area contributed by atoms with Gasteiger partial charge in [0.05, 0.1) is 28.6 Å². The zero-order valence-electron chi connectivity index (χ0n) is 8.83. The van der Waals surface area contributed by atoms with Crippen molar-refractivity contribution in [3.63, 3.8) is 0 Å². The van der Waals surface area contributed by atoms with Gasteiger partial charge in [-0.2, -0.15) is 0 Å². The maximum Gasteiger partial charge on any atom is 0.309 e. The standard InChI is InChI=1S/C11H12Br2O3/c1-2-15-10(14)6-7-16-11-8(12)4-3-5-9(11)13/h3-5H,2,6-7H2,1H3. The molecule has 0 aromatic heterocycles. The van der Waals surface area contributed by atoms with Crippen LogP contribution >= 0.6 is 31.9 Å². The van der Waals surface area contributed by atoms with E-state index in [-0.39, 0.29) is 12.4 Å². The number of benzene rings is 1. The molecule has 5 heteroatoms. The van der Waals surface area contributed by atoms with Gasteiger partial charge in [-0.05, 0) is 50.9 Å². The first kappa shape index (κ1) is 13.5. The van der Waals surface area contributed by atoms with Crippen LogP contribution in [0.1, 0.15) is 13.3 Å². The lowest BCUT2D eigenvalue weighted by molar-refractivity contribution is -0.143. The number of hydrogen-bond donors (Lipinski definition) is 0. The third-order valence-electron chi connectivity index (χ3n) is 1.78. The lowest BCUT2D eigenvalue weighted by Gasteiger charge is -2.09. The molecule has 0 aliphatic heterocycles. The molecule has 1 rings (SSSR count). The van der Waals surface area contributed by atoms with Gasteiger partial charge in [0.2, 0.25) is 0 Å². The predicted molar refractivity (Wildman–Crippen MR) is 68.6 cm³/mol. The molecule has 0 saturated carbocycles. The number of para-hydroxylation sites is 1. The number of ether oxygens (including phenoxy) is 2. The molecule has 1 aromatic carbocycles. The van der Waals surface area contributed by atoms with E-state index in [9.17, 15) is 4.79 Å². The highest BCUT2D eigenvalue weighted by Gasteiger charge is 2.07. The van der Waals surface area contributed by atoms with E-state index in [2.05, 4.69) is 31.9 Å². The molecule has 0 aliphatic carbocycles. The van der Waals surface area contributed by atoms with Gasteiger partial charge in [0, 0.05) is 0 Å². The Morgan fingerprint density at radius 2 is 1.94 bits per heavy atom. The zero-order valence-corrected chi connectivity index (χ0v) is 12.0. The summed E-state index contributed by atoms with van der Waals surface area (Å²) in [4.78, 5) is 11.1. The molecule has 88 valence electrons. The number of carbonyl (C=O) groups excluding carboxylic acids is 1. The summed E-state index contributed by atoms with van der Waals surface area (Å²) >= 11 is 6.75. The topological polar surface area (TPSA) is 35.5 Å². The largest absolute Gasteiger partial charge is 0.491 e. The van der Waals surface area contributed by atoms with E-state index in [1.165, 1.54) is 0 Å². The van der Waals surface area contributed by atoms with Crippen LogP contribution in [0, 0.1) is 0 Å². The number of esters is 1. The molecule has 16 heavy (non-hydrogen) atoms. The van der Waals surface area contributed by atoms with E-state index in [0.717, 1.165) is 8.95 Å². The normalized spacial score (nSPS) is 9.94. The van der Waals surface area contributed by atoms with Gasteiger partial charge in [-0.25, -0.2) is 0 Å². The monoisotopic (exact) mass is 350 g/mol. The maximum atomic E-state index is 11.1. The molecular weight excluding hydrogens is 340 g/mol. The predicted octanol–water partition coefficient (Wildman–Crippen LogP) is 3.54. The van der Waals surface area contributed by atoms with Crippen molar-refractivity contribution in [3.8, 4) is 5.75 Å². The van der Waals surface area contributed by atoms with E-state index in [1.807, 2.05) is 18.2 Å². The fraction of sp³-hybridized carbons (Fsp3) is 0.364. The van der Waals surface area contributed by atoms with Crippen LogP contribution in [0.3, 0.4) is 0 Å². The second kappa shape index (κ2) is 6.91. The fourth-order valence-electron chi connectivity index (χ4n) is 1.09. The van der Waals surface area contributed by atoms with Gasteiger partial charge in [-0.1, -0.05) is 6.07 Å². The second-order valence-electron chi connectivity index (χ2n) is 2.95. The number of halogens is 2. The van der Waals surface area contributed by atoms with E-state index >= 15 is 0 Å². The van der Waals surface area contributed by atoms with E-state index in [0.29, 0.717) is 19.0 Å². The Kier molecular flexibility index (Phi) is 5.84. The van der Waals surface area contributed by atoms with Crippen molar-refractivity contribution >= 4 is 37.8 Å². The van der Waals surface area contributed by atoms with Crippen molar-refractivity contribution < 1.29 is 14.3 Å². The molecule has 0 amide bonds. The van der Waals surface area contributed by atoms with Gasteiger partial charge in [0.25, 0.3) is 0 Å². The summed E-state index contributed by atoms with van der Waals surface area (Å²) in [6.07, 6.45) is 0.252. The summed E-state index contributed by atoms with van der Waals surface area (Å²) in [5.41, 5.74) is 0. The van der Waals surface area contributed by atoms with Crippen LogP contribution in [0.5, 0.6) is 5.75 Å². The van der Waals surface area contributed by atoms with E-state index in [1.54, 1.807) is 6.92 Å². The quantitative estimate of drug-likeness (QED) is 0.761. The number of carbonyl (C=O) groups is 1. The van der Waals surface area contributed by atoms with Crippen LogP contribution in [0.15, 0.2) is 27.1 Å². The Balaban J connectivity index is 2.46. The molecule has 0 aliphatic rings. The van der Waals surface area contributed by atoms with Crippen molar-refractivity contribution in [1.82, 2.24) is 0 Å². The van der Waals surface area contributed by atoms with Gasteiger partial charge in [0.15, 0.2) is 0 Å². The fourth-order valence-corrected chi connectivity index (χ4v) is 2.32. The van der Waals surface area contributed by atoms with Crippen molar-refractivity contribution in [3.05, 3.63) is 27.1 Å². The van der Waals surface area contributed by atoms with Crippen LogP contribution in [0.4, 0.5) is 0 Å². The van der Waals surface area contributed by atoms with Gasteiger partial charge in [-0.3, -0.25) is 4.79 Å². The highest BCUT2D eigenvalue weighted by molar-refractivity contribution is 9.11. The van der Waals surface area contributed by atoms with Crippen molar-refractivity contribution in [2.24, 2.45) is 0 Å². The molecule has 0 bridgehead atoms. The Morgan fingerprint density at radius 3 is 2.50 bits per heavy atom. The Hall–Kier alpha value is -0.550. The molecule has 0 fully saturated rings. The minimum absolute atomic E-state index is 0.245. The first-order valence-corrected chi connectivity index (χ1v) is 6.46. The molecule has 0 unspecified atom stereocenters. The van der Waals surface area contributed by atoms with Gasteiger partial charge in [-0.15, -0.1) is 0 Å². The summed E-state index contributed by atoms with van der Waals surface area (Å²) in [5, 5.41) is 0. The van der Waals surface area contributed by atoms with Crippen LogP contribution in [0.25, 0.3) is 0 Å². The molecule has 1 aromatic rings. The molecule has 0 heterocycles. The Morgan fingerprint density at radius 1 is 1.31 bits per heavy atom. The van der Waals surface area contributed by atoms with Gasteiger partial charge in [0.1, 0.15) is 5.75 Å². The van der Waals surface area contributed by atoms with Crippen LogP contribution < -0.4 is 4.74 Å². The first-order chi connectivity index (χ1) is 7.65. The average Bonchev–Trinajstić information content (AvgIpc) is 2.23. The summed E-state index contributed by atoms with van der Waals surface area (Å²) in [6, 6.07) is 5.65.